The van der Waals surface area contributed by atoms with Crippen molar-refractivity contribution in [3.8, 4) is 0 Å². The minimum atomic E-state index is -1.41. The number of rotatable bonds is 7. The van der Waals surface area contributed by atoms with E-state index in [1.54, 1.807) is 0 Å². The zero-order chi connectivity index (χ0) is 18.6. The molecule has 0 bridgehead atoms. The molecule has 2 aliphatic rings. The molecule has 2 aliphatic heterocycles. The first-order valence-corrected chi connectivity index (χ1v) is 7.64. The van der Waals surface area contributed by atoms with Crippen LogP contribution in [-0.4, -0.2) is 77.6 Å². The van der Waals surface area contributed by atoms with Gasteiger partial charge in [-0.15, -0.1) is 0 Å². The number of carboxylic acid groups (broad SMARTS) is 1. The molecule has 2 rings (SSSR count). The van der Waals surface area contributed by atoms with Crippen molar-refractivity contribution in [3.05, 3.63) is 0 Å². The first kappa shape index (κ1) is 19.0. The van der Waals surface area contributed by atoms with Gasteiger partial charge in [-0.1, -0.05) is 0 Å². The third-order valence-corrected chi connectivity index (χ3v) is 4.19. The van der Waals surface area contributed by atoms with Crippen LogP contribution in [0.15, 0.2) is 0 Å². The number of morpholine rings is 1. The van der Waals surface area contributed by atoms with E-state index >= 15 is 0 Å². The van der Waals surface area contributed by atoms with Gasteiger partial charge < -0.3 is 25.6 Å². The summed E-state index contributed by atoms with van der Waals surface area (Å²) in [5.41, 5.74) is 4.04. The van der Waals surface area contributed by atoms with E-state index in [1.807, 2.05) is 0 Å². The Hall–Kier alpha value is -2.37. The minimum absolute atomic E-state index is 0.186. The molecule has 0 aliphatic carbocycles. The lowest BCUT2D eigenvalue weighted by atomic mass is 9.78. The Morgan fingerprint density at radius 3 is 2.12 bits per heavy atom. The molecule has 0 aromatic rings. The number of carbonyl (C=O) groups is 5. The van der Waals surface area contributed by atoms with Crippen molar-refractivity contribution in [1.29, 1.82) is 0 Å². The molecule has 0 aromatic carbocycles. The van der Waals surface area contributed by atoms with Crippen molar-refractivity contribution in [2.75, 3.05) is 26.2 Å². The fourth-order valence-electron chi connectivity index (χ4n) is 3.21. The molecular formula is C14H19N3O8. The topological polar surface area (TPSA) is 165 Å². The average molecular weight is 357 g/mol. The maximum Gasteiger partial charge on any atom is 0.327 e. The summed E-state index contributed by atoms with van der Waals surface area (Å²) < 4.78 is 9.01. The zero-order valence-electron chi connectivity index (χ0n) is 13.4. The number of nitrogens with two attached hydrogens (primary N) is 1. The Kier molecular flexibility index (Phi) is 5.82. The molecular weight excluding hydrogens is 338 g/mol. The Bertz CT molecular complexity index is 573. The monoisotopic (exact) mass is 357 g/mol. The summed E-state index contributed by atoms with van der Waals surface area (Å²) in [7, 11) is 0. The van der Waals surface area contributed by atoms with Crippen LogP contribution in [0.25, 0.3) is 0 Å². The van der Waals surface area contributed by atoms with Crippen LogP contribution in [0.5, 0.6) is 0 Å². The Balaban J connectivity index is 2.43. The number of nitrogens with one attached hydrogen (secondary N) is 1. The minimum Gasteiger partial charge on any atom is -0.481 e. The summed E-state index contributed by atoms with van der Waals surface area (Å²) in [5, 5.41) is 12.1. The zero-order valence-corrected chi connectivity index (χ0v) is 13.4. The van der Waals surface area contributed by atoms with E-state index in [4.69, 9.17) is 5.73 Å². The van der Waals surface area contributed by atoms with E-state index in [0.717, 1.165) is 0 Å². The Labute approximate surface area is 142 Å². The molecule has 11 heteroatoms. The van der Waals surface area contributed by atoms with Crippen molar-refractivity contribution in [2.45, 2.75) is 30.8 Å². The van der Waals surface area contributed by atoms with E-state index in [-0.39, 0.29) is 39.0 Å². The SMILES string of the molecule is NCCNC(CC(=O)O)C1(N2CC(=O)OC(=O)C2)CC(=O)OC(=O)C1. The highest BCUT2D eigenvalue weighted by Gasteiger charge is 2.53. The number of carbonyl (C=O) groups excluding carboxylic acids is 4. The molecule has 0 spiro atoms. The Morgan fingerprint density at radius 2 is 1.64 bits per heavy atom. The summed E-state index contributed by atoms with van der Waals surface area (Å²) in [6.07, 6.45) is -1.15. The molecule has 4 N–H and O–H groups in total. The maximum absolute atomic E-state index is 11.9. The van der Waals surface area contributed by atoms with Gasteiger partial charge in [-0.05, 0) is 0 Å². The number of aliphatic carboxylic acids is 1. The molecule has 25 heavy (non-hydrogen) atoms. The first-order valence-electron chi connectivity index (χ1n) is 7.64. The molecule has 138 valence electrons. The number of esters is 4. The van der Waals surface area contributed by atoms with Gasteiger partial charge in [0.05, 0.1) is 37.9 Å². The second-order valence-electron chi connectivity index (χ2n) is 5.90. The van der Waals surface area contributed by atoms with E-state index < -0.39 is 47.8 Å². The van der Waals surface area contributed by atoms with E-state index in [2.05, 4.69) is 14.8 Å². The normalized spacial score (nSPS) is 22.3. The predicted octanol–water partition coefficient (Wildman–Crippen LogP) is -2.63. The van der Waals surface area contributed by atoms with E-state index in [9.17, 15) is 29.1 Å². The molecule has 0 aromatic heterocycles. The summed E-state index contributed by atoms with van der Waals surface area (Å²) >= 11 is 0. The average Bonchev–Trinajstić information content (AvgIpc) is 2.49. The highest BCUT2D eigenvalue weighted by atomic mass is 16.6. The smallest absolute Gasteiger partial charge is 0.327 e. The highest BCUT2D eigenvalue weighted by molar-refractivity contribution is 5.93. The molecule has 0 radical (unpaired) electrons. The molecule has 2 saturated heterocycles. The van der Waals surface area contributed by atoms with Gasteiger partial charge in [0.1, 0.15) is 0 Å². The fourth-order valence-corrected chi connectivity index (χ4v) is 3.21. The van der Waals surface area contributed by atoms with Gasteiger partial charge in [0.25, 0.3) is 0 Å². The number of hydrogen-bond acceptors (Lipinski definition) is 10. The number of hydrogen-bond donors (Lipinski definition) is 3. The second kappa shape index (κ2) is 7.68. The van der Waals surface area contributed by atoms with Gasteiger partial charge in [-0.2, -0.15) is 0 Å². The Morgan fingerprint density at radius 1 is 1.12 bits per heavy atom. The molecule has 0 amide bonds. The lowest BCUT2D eigenvalue weighted by molar-refractivity contribution is -0.183. The molecule has 1 unspecified atom stereocenters. The summed E-state index contributed by atoms with van der Waals surface area (Å²) in [5.74, 6) is -4.56. The van der Waals surface area contributed by atoms with Gasteiger partial charge in [-0.3, -0.25) is 28.9 Å². The van der Waals surface area contributed by atoms with Crippen LogP contribution in [-0.2, 0) is 33.4 Å². The van der Waals surface area contributed by atoms with Crippen molar-refractivity contribution in [2.24, 2.45) is 5.73 Å². The van der Waals surface area contributed by atoms with Crippen molar-refractivity contribution in [3.63, 3.8) is 0 Å². The van der Waals surface area contributed by atoms with E-state index in [0.29, 0.717) is 0 Å². The van der Waals surface area contributed by atoms with Crippen LogP contribution in [0, 0.1) is 0 Å². The van der Waals surface area contributed by atoms with Crippen LogP contribution in [0.4, 0.5) is 0 Å². The predicted molar refractivity (Wildman–Crippen MR) is 78.8 cm³/mol. The van der Waals surface area contributed by atoms with Crippen molar-refractivity contribution < 1.29 is 38.6 Å². The standard InChI is InChI=1S/C14H19N3O8/c15-1-2-16-8(3-9(18)19)14(4-10(20)24-11(21)5-14)17-6-12(22)25-13(23)7-17/h8,16H,1-7,15H2,(H,18,19). The number of carboxylic acids is 1. The molecule has 2 heterocycles. The quantitative estimate of drug-likeness (QED) is 0.322. The lowest BCUT2D eigenvalue weighted by Gasteiger charge is -2.49. The summed E-state index contributed by atoms with van der Waals surface area (Å²) in [6.45, 7) is -0.305. The van der Waals surface area contributed by atoms with Crippen molar-refractivity contribution in [1.82, 2.24) is 10.2 Å². The summed E-state index contributed by atoms with van der Waals surface area (Å²) in [6, 6.07) is -0.913. The third kappa shape index (κ3) is 4.38. The molecule has 1 atom stereocenters. The van der Waals surface area contributed by atoms with Crippen LogP contribution in [0.3, 0.4) is 0 Å². The summed E-state index contributed by atoms with van der Waals surface area (Å²) in [4.78, 5) is 59.7. The van der Waals surface area contributed by atoms with Crippen LogP contribution in [0.1, 0.15) is 19.3 Å². The lowest BCUT2D eigenvalue weighted by Crippen LogP contribution is -2.68. The van der Waals surface area contributed by atoms with Crippen LogP contribution < -0.4 is 11.1 Å². The van der Waals surface area contributed by atoms with Gasteiger partial charge in [0, 0.05) is 19.1 Å². The maximum atomic E-state index is 11.9. The van der Waals surface area contributed by atoms with Gasteiger partial charge >= 0.3 is 29.8 Å². The van der Waals surface area contributed by atoms with Gasteiger partial charge in [-0.25, -0.2) is 0 Å². The number of cyclic esters (lactones) is 4. The number of ether oxygens (including phenoxy) is 2. The largest absolute Gasteiger partial charge is 0.481 e. The fraction of sp³-hybridized carbons (Fsp3) is 0.643. The van der Waals surface area contributed by atoms with Gasteiger partial charge in [0.2, 0.25) is 0 Å². The molecule has 2 fully saturated rings. The second-order valence-corrected chi connectivity index (χ2v) is 5.90. The van der Waals surface area contributed by atoms with Crippen molar-refractivity contribution >= 4 is 29.8 Å². The third-order valence-electron chi connectivity index (χ3n) is 4.19. The first-order chi connectivity index (χ1) is 11.8. The van der Waals surface area contributed by atoms with Gasteiger partial charge in [0.15, 0.2) is 0 Å². The molecule has 0 saturated carbocycles. The molecule has 11 nitrogen and oxygen atoms in total. The number of nitrogens with zero attached hydrogens (tertiary/aromatic N) is 1. The highest BCUT2D eigenvalue weighted by Crippen LogP contribution is 2.35. The van der Waals surface area contributed by atoms with Crippen LogP contribution in [0.2, 0.25) is 0 Å². The van der Waals surface area contributed by atoms with E-state index in [1.165, 1.54) is 4.90 Å². The van der Waals surface area contributed by atoms with Crippen LogP contribution >= 0.6 is 0 Å².